The molecule has 0 fully saturated rings. The van der Waals surface area contributed by atoms with Crippen molar-refractivity contribution in [3.63, 3.8) is 0 Å². The highest BCUT2D eigenvalue weighted by molar-refractivity contribution is 8.00. The van der Waals surface area contributed by atoms with Gasteiger partial charge in [0.2, 0.25) is 5.91 Å². The summed E-state index contributed by atoms with van der Waals surface area (Å²) in [6.07, 6.45) is 0. The average molecular weight is 389 g/mol. The van der Waals surface area contributed by atoms with Crippen LogP contribution in [0.25, 0.3) is 5.95 Å². The van der Waals surface area contributed by atoms with E-state index in [0.717, 1.165) is 35.3 Å². The number of anilines is 1. The number of halogens is 2. The molecule has 0 saturated heterocycles. The Kier molecular flexibility index (Phi) is 5.50. The van der Waals surface area contributed by atoms with Crippen molar-refractivity contribution in [1.29, 1.82) is 0 Å². The number of carbonyl (C=O) groups excluding carboxylic acids is 1. The van der Waals surface area contributed by atoms with Crippen LogP contribution in [-0.2, 0) is 4.79 Å². The van der Waals surface area contributed by atoms with E-state index in [1.54, 1.807) is 13.0 Å². The van der Waals surface area contributed by atoms with Crippen molar-refractivity contribution in [2.24, 2.45) is 0 Å². The van der Waals surface area contributed by atoms with Gasteiger partial charge in [-0.3, -0.25) is 4.79 Å². The van der Waals surface area contributed by atoms with Crippen molar-refractivity contribution < 1.29 is 13.6 Å². The number of aryl methyl sites for hydroxylation is 3. The first-order chi connectivity index (χ1) is 12.8. The second kappa shape index (κ2) is 7.83. The molecule has 1 aromatic carbocycles. The van der Waals surface area contributed by atoms with E-state index in [-0.39, 0.29) is 11.7 Å². The summed E-state index contributed by atoms with van der Waals surface area (Å²) in [5.41, 5.74) is 2.27. The number of hydrogen-bond donors (Lipinski definition) is 1. The van der Waals surface area contributed by atoms with E-state index < -0.39 is 11.6 Å². The highest BCUT2D eigenvalue weighted by Gasteiger charge is 2.14. The fourth-order valence-electron chi connectivity index (χ4n) is 2.44. The molecule has 27 heavy (non-hydrogen) atoms. The third kappa shape index (κ3) is 4.68. The van der Waals surface area contributed by atoms with Gasteiger partial charge in [-0.15, -0.1) is 11.8 Å². The Bertz CT molecular complexity index is 985. The third-order valence-corrected chi connectivity index (χ3v) is 4.51. The molecule has 0 unspecified atom stereocenters. The van der Waals surface area contributed by atoms with Gasteiger partial charge in [0, 0.05) is 22.3 Å². The van der Waals surface area contributed by atoms with Crippen LogP contribution in [0.2, 0.25) is 0 Å². The zero-order chi connectivity index (χ0) is 19.6. The minimum Gasteiger partial charge on any atom is -0.310 e. The molecule has 0 aliphatic carbocycles. The number of nitrogens with one attached hydrogen (secondary N) is 1. The van der Waals surface area contributed by atoms with E-state index in [1.807, 2.05) is 19.9 Å². The van der Waals surface area contributed by atoms with Crippen LogP contribution in [0.3, 0.4) is 0 Å². The second-order valence-electron chi connectivity index (χ2n) is 5.95. The first kappa shape index (κ1) is 19.0. The normalized spacial score (nSPS) is 10.9. The highest BCUT2D eigenvalue weighted by Crippen LogP contribution is 2.21. The first-order valence-electron chi connectivity index (χ1n) is 8.09. The molecular formula is C18H17F2N5OS. The van der Waals surface area contributed by atoms with Gasteiger partial charge in [-0.2, -0.15) is 9.78 Å². The first-order valence-corrected chi connectivity index (χ1v) is 9.07. The number of nitrogens with zero attached hydrogens (tertiary/aromatic N) is 4. The lowest BCUT2D eigenvalue weighted by Crippen LogP contribution is -2.18. The van der Waals surface area contributed by atoms with Crippen molar-refractivity contribution in [1.82, 2.24) is 19.7 Å². The number of hydrogen-bond acceptors (Lipinski definition) is 5. The van der Waals surface area contributed by atoms with E-state index in [9.17, 15) is 13.6 Å². The Balaban J connectivity index is 1.73. The minimum absolute atomic E-state index is 0.0308. The zero-order valence-corrected chi connectivity index (χ0v) is 15.8. The van der Waals surface area contributed by atoms with Gasteiger partial charge < -0.3 is 5.32 Å². The summed E-state index contributed by atoms with van der Waals surface area (Å²) in [7, 11) is 0. The number of carbonyl (C=O) groups is 1. The summed E-state index contributed by atoms with van der Waals surface area (Å²) in [6, 6.07) is 7.07. The summed E-state index contributed by atoms with van der Waals surface area (Å²) in [5, 5.41) is 7.09. The van der Waals surface area contributed by atoms with Gasteiger partial charge in [-0.25, -0.2) is 18.7 Å². The molecule has 140 valence electrons. The predicted octanol–water partition coefficient (Wildman–Crippen LogP) is 3.60. The Morgan fingerprint density at radius 3 is 2.41 bits per heavy atom. The molecular weight excluding hydrogens is 372 g/mol. The van der Waals surface area contributed by atoms with Crippen LogP contribution in [0.4, 0.5) is 14.6 Å². The SMILES string of the molecule is Cc1cc(C)nc(-n2nc(C)cc2NC(=O)CSc2ccc(F)c(F)c2)n1. The van der Waals surface area contributed by atoms with Gasteiger partial charge in [0.25, 0.3) is 5.95 Å². The standard InChI is InChI=1S/C18H17F2N5OS/c1-10-6-11(2)22-18(21-10)25-16(7-12(3)24-25)23-17(26)9-27-13-4-5-14(19)15(20)8-13/h4-8H,9H2,1-3H3,(H,23,26). The van der Waals surface area contributed by atoms with Crippen LogP contribution >= 0.6 is 11.8 Å². The number of amides is 1. The molecule has 6 nitrogen and oxygen atoms in total. The minimum atomic E-state index is -0.943. The van der Waals surface area contributed by atoms with Crippen molar-refractivity contribution in [3.8, 4) is 5.95 Å². The van der Waals surface area contributed by atoms with Crippen molar-refractivity contribution in [3.05, 3.63) is 59.0 Å². The predicted molar refractivity (Wildman–Crippen MR) is 99.1 cm³/mol. The molecule has 3 aromatic rings. The van der Waals surface area contributed by atoms with Crippen LogP contribution in [0, 0.1) is 32.4 Å². The molecule has 1 amide bonds. The molecule has 2 aromatic heterocycles. The maximum absolute atomic E-state index is 13.2. The molecule has 9 heteroatoms. The zero-order valence-electron chi connectivity index (χ0n) is 15.0. The quantitative estimate of drug-likeness (QED) is 0.675. The number of thioether (sulfide) groups is 1. The Morgan fingerprint density at radius 2 is 1.74 bits per heavy atom. The molecule has 2 heterocycles. The fraction of sp³-hybridized carbons (Fsp3) is 0.222. The van der Waals surface area contributed by atoms with E-state index in [2.05, 4.69) is 20.4 Å². The van der Waals surface area contributed by atoms with Crippen molar-refractivity contribution >= 4 is 23.5 Å². The maximum Gasteiger partial charge on any atom is 0.252 e. The third-order valence-electron chi connectivity index (χ3n) is 3.52. The van der Waals surface area contributed by atoms with Crippen LogP contribution in [0.15, 0.2) is 35.2 Å². The van der Waals surface area contributed by atoms with Crippen LogP contribution in [-0.4, -0.2) is 31.4 Å². The second-order valence-corrected chi connectivity index (χ2v) is 6.99. The molecule has 0 saturated carbocycles. The van der Waals surface area contributed by atoms with Gasteiger partial charge in [0.1, 0.15) is 5.82 Å². The molecule has 0 bridgehead atoms. The van der Waals surface area contributed by atoms with Gasteiger partial charge in [-0.1, -0.05) is 0 Å². The number of aromatic nitrogens is 4. The molecule has 3 rings (SSSR count). The molecule has 0 radical (unpaired) electrons. The van der Waals surface area contributed by atoms with Gasteiger partial charge in [0.15, 0.2) is 11.6 Å². The maximum atomic E-state index is 13.2. The lowest BCUT2D eigenvalue weighted by molar-refractivity contribution is -0.113. The number of benzene rings is 1. The van der Waals surface area contributed by atoms with Crippen LogP contribution in [0.5, 0.6) is 0 Å². The van der Waals surface area contributed by atoms with E-state index >= 15 is 0 Å². The summed E-state index contributed by atoms with van der Waals surface area (Å²) < 4.78 is 27.7. The van der Waals surface area contributed by atoms with Gasteiger partial charge in [-0.05, 0) is 45.0 Å². The van der Waals surface area contributed by atoms with E-state index in [0.29, 0.717) is 22.4 Å². The average Bonchev–Trinajstić information content (AvgIpc) is 2.95. The summed E-state index contributed by atoms with van der Waals surface area (Å²) >= 11 is 1.10. The summed E-state index contributed by atoms with van der Waals surface area (Å²) in [6.45, 7) is 5.50. The highest BCUT2D eigenvalue weighted by atomic mass is 32.2. The molecule has 0 spiro atoms. The molecule has 1 N–H and O–H groups in total. The Hall–Kier alpha value is -2.81. The van der Waals surface area contributed by atoms with Crippen molar-refractivity contribution in [2.75, 3.05) is 11.1 Å². The lowest BCUT2D eigenvalue weighted by atomic mass is 10.3. The Morgan fingerprint density at radius 1 is 1.04 bits per heavy atom. The van der Waals surface area contributed by atoms with Crippen molar-refractivity contribution in [2.45, 2.75) is 25.7 Å². The molecule has 0 aliphatic heterocycles. The lowest BCUT2D eigenvalue weighted by Gasteiger charge is -2.09. The smallest absolute Gasteiger partial charge is 0.252 e. The molecule has 0 atom stereocenters. The largest absolute Gasteiger partial charge is 0.310 e. The molecule has 0 aliphatic rings. The fourth-order valence-corrected chi connectivity index (χ4v) is 3.16. The Labute approximate surface area is 159 Å². The number of rotatable bonds is 5. The summed E-state index contributed by atoms with van der Waals surface area (Å²) in [4.78, 5) is 21.5. The van der Waals surface area contributed by atoms with Gasteiger partial charge in [0.05, 0.1) is 11.4 Å². The van der Waals surface area contributed by atoms with Gasteiger partial charge >= 0.3 is 0 Å². The van der Waals surface area contributed by atoms with Crippen LogP contribution < -0.4 is 5.32 Å². The van der Waals surface area contributed by atoms with E-state index in [4.69, 9.17) is 0 Å². The van der Waals surface area contributed by atoms with Crippen LogP contribution in [0.1, 0.15) is 17.1 Å². The monoisotopic (exact) mass is 389 g/mol. The van der Waals surface area contributed by atoms with E-state index in [1.165, 1.54) is 10.7 Å². The topological polar surface area (TPSA) is 72.7 Å². The summed E-state index contributed by atoms with van der Waals surface area (Å²) in [5.74, 6) is -1.34.